The molecule has 0 aliphatic heterocycles. The van der Waals surface area contributed by atoms with Crippen molar-refractivity contribution in [2.45, 2.75) is 39.2 Å². The number of aromatic nitrogens is 5. The van der Waals surface area contributed by atoms with Crippen molar-refractivity contribution in [3.05, 3.63) is 30.2 Å². The van der Waals surface area contributed by atoms with Gasteiger partial charge >= 0.3 is 0 Å². The number of imidazole rings is 1. The average molecular weight is 286 g/mol. The van der Waals surface area contributed by atoms with E-state index in [0.717, 1.165) is 29.8 Å². The smallest absolute Gasteiger partial charge is 0.182 e. The van der Waals surface area contributed by atoms with E-state index in [0.29, 0.717) is 23.9 Å². The standard InChI is InChI=1S/C14H18N6O/c1-3-9(4-2)11-5-10(21-20-11)6-15-13-12-14(17-7-16-12)19-8-18-13/h5,7-9H,3-4,6H2,1-2H3,(H2,15,16,17,18,19). The van der Waals surface area contributed by atoms with E-state index in [1.807, 2.05) is 6.07 Å². The van der Waals surface area contributed by atoms with E-state index in [-0.39, 0.29) is 0 Å². The summed E-state index contributed by atoms with van der Waals surface area (Å²) in [6, 6.07) is 2.01. The van der Waals surface area contributed by atoms with Crippen molar-refractivity contribution in [3.63, 3.8) is 0 Å². The van der Waals surface area contributed by atoms with Gasteiger partial charge in [0.2, 0.25) is 0 Å². The van der Waals surface area contributed by atoms with Gasteiger partial charge in [0.05, 0.1) is 18.6 Å². The zero-order valence-corrected chi connectivity index (χ0v) is 12.1. The van der Waals surface area contributed by atoms with Crippen molar-refractivity contribution in [3.8, 4) is 0 Å². The Morgan fingerprint density at radius 2 is 2.10 bits per heavy atom. The van der Waals surface area contributed by atoms with Crippen LogP contribution in [0, 0.1) is 0 Å². The number of aromatic amines is 1. The lowest BCUT2D eigenvalue weighted by molar-refractivity contribution is 0.375. The Kier molecular flexibility index (Phi) is 3.81. The zero-order chi connectivity index (χ0) is 14.7. The maximum atomic E-state index is 5.38. The van der Waals surface area contributed by atoms with Crippen LogP contribution in [0.1, 0.15) is 44.1 Å². The molecule has 0 spiro atoms. The van der Waals surface area contributed by atoms with Crippen LogP contribution in [0.5, 0.6) is 0 Å². The van der Waals surface area contributed by atoms with Gasteiger partial charge in [0.25, 0.3) is 0 Å². The molecule has 7 nitrogen and oxygen atoms in total. The number of hydrogen-bond donors (Lipinski definition) is 2. The van der Waals surface area contributed by atoms with Crippen molar-refractivity contribution >= 4 is 17.0 Å². The molecular weight excluding hydrogens is 268 g/mol. The fraction of sp³-hybridized carbons (Fsp3) is 0.429. The maximum absolute atomic E-state index is 5.38. The van der Waals surface area contributed by atoms with E-state index >= 15 is 0 Å². The van der Waals surface area contributed by atoms with Crippen molar-refractivity contribution in [2.24, 2.45) is 0 Å². The number of anilines is 1. The Labute approximate surface area is 122 Å². The van der Waals surface area contributed by atoms with Gasteiger partial charge in [0.1, 0.15) is 11.8 Å². The lowest BCUT2D eigenvalue weighted by Crippen LogP contribution is -2.01. The highest BCUT2D eigenvalue weighted by atomic mass is 16.5. The van der Waals surface area contributed by atoms with Crippen LogP contribution in [-0.2, 0) is 6.54 Å². The summed E-state index contributed by atoms with van der Waals surface area (Å²) in [5.74, 6) is 1.96. The van der Waals surface area contributed by atoms with E-state index in [4.69, 9.17) is 4.52 Å². The van der Waals surface area contributed by atoms with Crippen LogP contribution in [0.4, 0.5) is 5.82 Å². The summed E-state index contributed by atoms with van der Waals surface area (Å²) in [7, 11) is 0. The monoisotopic (exact) mass is 286 g/mol. The van der Waals surface area contributed by atoms with E-state index in [1.54, 1.807) is 6.33 Å². The Balaban J connectivity index is 1.72. The highest BCUT2D eigenvalue weighted by Crippen LogP contribution is 2.23. The highest BCUT2D eigenvalue weighted by Gasteiger charge is 2.13. The number of fused-ring (bicyclic) bond motifs is 1. The van der Waals surface area contributed by atoms with Crippen LogP contribution >= 0.6 is 0 Å². The summed E-state index contributed by atoms with van der Waals surface area (Å²) in [4.78, 5) is 15.4. The van der Waals surface area contributed by atoms with E-state index in [2.05, 4.69) is 44.3 Å². The molecule has 110 valence electrons. The lowest BCUT2D eigenvalue weighted by Gasteiger charge is -2.06. The van der Waals surface area contributed by atoms with E-state index in [9.17, 15) is 0 Å². The van der Waals surface area contributed by atoms with Crippen LogP contribution in [0.25, 0.3) is 11.2 Å². The predicted octanol–water partition coefficient (Wildman–Crippen LogP) is 2.86. The average Bonchev–Trinajstić information content (AvgIpc) is 3.15. The molecule has 7 heteroatoms. The molecule has 3 rings (SSSR count). The minimum atomic E-state index is 0.459. The Hall–Kier alpha value is -2.44. The maximum Gasteiger partial charge on any atom is 0.182 e. The molecule has 3 aromatic rings. The molecular formula is C14H18N6O. The molecule has 0 aliphatic rings. The van der Waals surface area contributed by atoms with Gasteiger partial charge < -0.3 is 14.8 Å². The van der Waals surface area contributed by atoms with Crippen LogP contribution in [-0.4, -0.2) is 25.1 Å². The molecule has 0 atom stereocenters. The number of H-pyrrole nitrogens is 1. The molecule has 0 saturated carbocycles. The van der Waals surface area contributed by atoms with E-state index < -0.39 is 0 Å². The number of hydrogen-bond acceptors (Lipinski definition) is 6. The summed E-state index contributed by atoms with van der Waals surface area (Å²) in [6.07, 6.45) is 5.22. The quantitative estimate of drug-likeness (QED) is 0.723. The second-order valence-electron chi connectivity index (χ2n) is 4.91. The van der Waals surface area contributed by atoms with Crippen molar-refractivity contribution in [1.29, 1.82) is 0 Å². The molecule has 0 amide bonds. The lowest BCUT2D eigenvalue weighted by atomic mass is 9.99. The first-order valence-corrected chi connectivity index (χ1v) is 7.15. The van der Waals surface area contributed by atoms with Gasteiger partial charge in [-0.1, -0.05) is 19.0 Å². The highest BCUT2D eigenvalue weighted by molar-refractivity contribution is 5.81. The second-order valence-corrected chi connectivity index (χ2v) is 4.91. The minimum Gasteiger partial charge on any atom is -0.361 e. The van der Waals surface area contributed by atoms with E-state index in [1.165, 1.54) is 6.33 Å². The van der Waals surface area contributed by atoms with Crippen LogP contribution in [0.2, 0.25) is 0 Å². The summed E-state index contributed by atoms with van der Waals surface area (Å²) in [5.41, 5.74) is 2.45. The molecule has 0 saturated heterocycles. The Bertz CT molecular complexity index is 715. The molecule has 0 bridgehead atoms. The molecule has 21 heavy (non-hydrogen) atoms. The molecule has 0 aromatic carbocycles. The summed E-state index contributed by atoms with van der Waals surface area (Å²) in [6.45, 7) is 4.85. The van der Waals surface area contributed by atoms with Gasteiger partial charge in [0.15, 0.2) is 17.2 Å². The van der Waals surface area contributed by atoms with Crippen LogP contribution in [0.3, 0.4) is 0 Å². The molecule has 0 fully saturated rings. The van der Waals surface area contributed by atoms with Crippen LogP contribution in [0.15, 0.2) is 23.2 Å². The second kappa shape index (κ2) is 5.90. The molecule has 3 aromatic heterocycles. The summed E-state index contributed by atoms with van der Waals surface area (Å²) >= 11 is 0. The van der Waals surface area contributed by atoms with Gasteiger partial charge in [-0.25, -0.2) is 15.0 Å². The summed E-state index contributed by atoms with van der Waals surface area (Å²) in [5, 5.41) is 7.38. The summed E-state index contributed by atoms with van der Waals surface area (Å²) < 4.78 is 5.38. The number of nitrogens with one attached hydrogen (secondary N) is 2. The Morgan fingerprint density at radius 1 is 1.24 bits per heavy atom. The first-order chi connectivity index (χ1) is 10.3. The van der Waals surface area contributed by atoms with Gasteiger partial charge in [-0.05, 0) is 12.8 Å². The predicted molar refractivity (Wildman–Crippen MR) is 78.8 cm³/mol. The van der Waals surface area contributed by atoms with Crippen LogP contribution < -0.4 is 5.32 Å². The van der Waals surface area contributed by atoms with Gasteiger partial charge in [-0.15, -0.1) is 0 Å². The van der Waals surface area contributed by atoms with Gasteiger partial charge in [0, 0.05) is 12.0 Å². The largest absolute Gasteiger partial charge is 0.361 e. The molecule has 0 radical (unpaired) electrons. The molecule has 3 heterocycles. The molecule has 0 aliphatic carbocycles. The third-order valence-electron chi connectivity index (χ3n) is 3.63. The first-order valence-electron chi connectivity index (χ1n) is 7.15. The van der Waals surface area contributed by atoms with Crippen molar-refractivity contribution in [1.82, 2.24) is 25.1 Å². The fourth-order valence-electron chi connectivity index (χ4n) is 2.38. The minimum absolute atomic E-state index is 0.459. The first kappa shape index (κ1) is 13.5. The molecule has 2 N–H and O–H groups in total. The normalized spacial score (nSPS) is 11.4. The molecule has 0 unspecified atom stereocenters. The third-order valence-corrected chi connectivity index (χ3v) is 3.63. The van der Waals surface area contributed by atoms with Crippen molar-refractivity contribution in [2.75, 3.05) is 5.32 Å². The third kappa shape index (κ3) is 2.72. The Morgan fingerprint density at radius 3 is 2.90 bits per heavy atom. The van der Waals surface area contributed by atoms with Gasteiger partial charge in [-0.2, -0.15) is 0 Å². The number of nitrogens with zero attached hydrogens (tertiary/aromatic N) is 4. The van der Waals surface area contributed by atoms with Crippen molar-refractivity contribution < 1.29 is 4.52 Å². The number of rotatable bonds is 6. The SMILES string of the molecule is CCC(CC)c1cc(CNc2ncnc3nc[nH]c23)on1. The topological polar surface area (TPSA) is 92.5 Å². The zero-order valence-electron chi connectivity index (χ0n) is 12.1. The van der Waals surface area contributed by atoms with Gasteiger partial charge in [-0.3, -0.25) is 0 Å². The fourth-order valence-corrected chi connectivity index (χ4v) is 2.38.